The number of aromatic nitrogens is 1. The van der Waals surface area contributed by atoms with Gasteiger partial charge in [-0.3, -0.25) is 9.88 Å². The predicted octanol–water partition coefficient (Wildman–Crippen LogP) is 4.23. The van der Waals surface area contributed by atoms with Crippen molar-refractivity contribution in [3.05, 3.63) is 41.5 Å². The third-order valence-corrected chi connectivity index (χ3v) is 8.16. The van der Waals surface area contributed by atoms with Crippen LogP contribution in [0.3, 0.4) is 0 Å². The molecule has 3 atom stereocenters. The van der Waals surface area contributed by atoms with Crippen LogP contribution in [0.1, 0.15) is 45.6 Å². The predicted molar refractivity (Wildman–Crippen MR) is 157 cm³/mol. The molecule has 0 unspecified atom stereocenters. The Balaban J connectivity index is 1.50. The topological polar surface area (TPSA) is 129 Å². The second-order valence-corrected chi connectivity index (χ2v) is 12.7. The van der Waals surface area contributed by atoms with Gasteiger partial charge < -0.3 is 34.1 Å². The van der Waals surface area contributed by atoms with E-state index < -0.39 is 36.0 Å². The van der Waals surface area contributed by atoms with E-state index in [-0.39, 0.29) is 19.4 Å². The molecule has 12 heteroatoms. The van der Waals surface area contributed by atoms with Crippen LogP contribution in [0.4, 0.5) is 9.59 Å². The molecular weight excluding hydrogens is 562 g/mol. The highest BCUT2D eigenvalue weighted by Crippen LogP contribution is 2.31. The number of benzene rings is 1. The van der Waals surface area contributed by atoms with Crippen molar-refractivity contribution >= 4 is 23.5 Å². The van der Waals surface area contributed by atoms with Crippen molar-refractivity contribution in [2.45, 2.75) is 76.4 Å². The Morgan fingerprint density at radius 3 is 2.57 bits per heavy atom. The average Bonchev–Trinajstić information content (AvgIpc) is 3.56. The number of aliphatic hydroxyl groups excluding tert-OH is 1. The highest BCUT2D eigenvalue weighted by molar-refractivity contribution is 7.13. The number of likely N-dealkylation sites (tertiary alicyclic amines) is 1. The lowest BCUT2D eigenvalue weighted by molar-refractivity contribution is -0.119. The summed E-state index contributed by atoms with van der Waals surface area (Å²) in [5.74, 6) is 0.399. The quantitative estimate of drug-likeness (QED) is 0.255. The van der Waals surface area contributed by atoms with Gasteiger partial charge in [-0.15, -0.1) is 11.3 Å². The third-order valence-electron chi connectivity index (χ3n) is 7.34. The normalized spacial score (nSPS) is 23.8. The number of rotatable bonds is 13. The van der Waals surface area contributed by atoms with Crippen molar-refractivity contribution < 1.29 is 38.4 Å². The fourth-order valence-electron chi connectivity index (χ4n) is 5.14. The van der Waals surface area contributed by atoms with Crippen LogP contribution in [0.25, 0.3) is 10.4 Å². The number of nitrogens with one attached hydrogen (secondary N) is 1. The number of thiazole rings is 1. The van der Waals surface area contributed by atoms with Crippen molar-refractivity contribution in [1.29, 1.82) is 0 Å². The van der Waals surface area contributed by atoms with E-state index in [1.54, 1.807) is 28.9 Å². The molecular formula is C30H43N3O8S. The first-order valence-corrected chi connectivity index (χ1v) is 15.3. The van der Waals surface area contributed by atoms with Crippen molar-refractivity contribution in [3.8, 4) is 10.4 Å². The Morgan fingerprint density at radius 1 is 1.17 bits per heavy atom. The molecule has 2 aliphatic rings. The summed E-state index contributed by atoms with van der Waals surface area (Å²) >= 11 is 1.56. The molecule has 0 spiro atoms. The Hall–Kier alpha value is -2.77. The van der Waals surface area contributed by atoms with Gasteiger partial charge in [0.25, 0.3) is 0 Å². The van der Waals surface area contributed by atoms with Gasteiger partial charge >= 0.3 is 12.2 Å². The van der Waals surface area contributed by atoms with Gasteiger partial charge in [-0.1, -0.05) is 24.3 Å². The maximum atomic E-state index is 13.4. The van der Waals surface area contributed by atoms with E-state index in [9.17, 15) is 14.7 Å². The number of hydrogen-bond acceptors (Lipinski definition) is 10. The zero-order chi connectivity index (χ0) is 30.1. The summed E-state index contributed by atoms with van der Waals surface area (Å²) in [6.45, 7) is 6.77. The fourth-order valence-corrected chi connectivity index (χ4v) is 5.77. The molecule has 0 bridgehead atoms. The molecule has 4 rings (SSSR count). The maximum absolute atomic E-state index is 13.4. The Morgan fingerprint density at radius 2 is 1.93 bits per heavy atom. The van der Waals surface area contributed by atoms with E-state index in [1.165, 1.54) is 0 Å². The fraction of sp³-hybridized carbons (Fsp3) is 0.633. The van der Waals surface area contributed by atoms with Crippen molar-refractivity contribution in [2.75, 3.05) is 40.2 Å². The van der Waals surface area contributed by atoms with Gasteiger partial charge in [0, 0.05) is 19.9 Å². The molecule has 2 aromatic rings. The zero-order valence-electron chi connectivity index (χ0n) is 24.8. The number of aliphatic hydroxyl groups is 1. The van der Waals surface area contributed by atoms with Crippen LogP contribution in [0.2, 0.25) is 0 Å². The Labute approximate surface area is 251 Å². The summed E-state index contributed by atoms with van der Waals surface area (Å²) in [6, 6.07) is 7.52. The second kappa shape index (κ2) is 15.1. The summed E-state index contributed by atoms with van der Waals surface area (Å²) in [4.78, 5) is 33.2. The summed E-state index contributed by atoms with van der Waals surface area (Å²) in [5.41, 5.74) is 3.11. The molecule has 1 saturated heterocycles. The van der Waals surface area contributed by atoms with Gasteiger partial charge in [0.05, 0.1) is 42.3 Å². The Bertz CT molecular complexity index is 1120. The van der Waals surface area contributed by atoms with Crippen LogP contribution in [0.15, 0.2) is 36.0 Å². The maximum Gasteiger partial charge on any atom is 0.410 e. The van der Waals surface area contributed by atoms with Gasteiger partial charge in [0.15, 0.2) is 6.10 Å². The number of carbonyl (C=O) groups excluding carboxylic acids is 2. The van der Waals surface area contributed by atoms with Crippen LogP contribution in [-0.2, 0) is 30.1 Å². The first kappa shape index (κ1) is 32.2. The molecule has 232 valence electrons. The highest BCUT2D eigenvalue weighted by atomic mass is 32.1. The largest absolute Gasteiger partial charge is 0.444 e. The summed E-state index contributed by atoms with van der Waals surface area (Å²) in [5, 5.41) is 12.4. The van der Waals surface area contributed by atoms with E-state index in [2.05, 4.69) is 10.3 Å². The monoisotopic (exact) mass is 605 g/mol. The molecule has 1 aliphatic heterocycles. The molecule has 1 aliphatic carbocycles. The minimum Gasteiger partial charge on any atom is -0.444 e. The van der Waals surface area contributed by atoms with E-state index in [4.69, 9.17) is 23.7 Å². The van der Waals surface area contributed by atoms with E-state index >= 15 is 0 Å². The van der Waals surface area contributed by atoms with Crippen LogP contribution in [-0.4, -0.2) is 97.3 Å². The van der Waals surface area contributed by atoms with Crippen LogP contribution >= 0.6 is 11.3 Å². The zero-order valence-corrected chi connectivity index (χ0v) is 25.6. The number of nitrogens with zero attached hydrogens (tertiary/aromatic N) is 2. The minimum atomic E-state index is -0.768. The second-order valence-electron chi connectivity index (χ2n) is 11.8. The number of methoxy groups -OCH3 is 1. The van der Waals surface area contributed by atoms with E-state index in [0.717, 1.165) is 35.3 Å². The highest BCUT2D eigenvalue weighted by Gasteiger charge is 2.48. The molecule has 2 fully saturated rings. The van der Waals surface area contributed by atoms with Gasteiger partial charge in [-0.05, 0) is 63.5 Å². The molecule has 2 amide bonds. The van der Waals surface area contributed by atoms with Gasteiger partial charge in [0.1, 0.15) is 18.5 Å². The van der Waals surface area contributed by atoms with Crippen LogP contribution < -0.4 is 5.32 Å². The molecule has 1 aromatic heterocycles. The van der Waals surface area contributed by atoms with Gasteiger partial charge in [-0.25, -0.2) is 9.59 Å². The molecule has 11 nitrogen and oxygen atoms in total. The Kier molecular flexibility index (Phi) is 11.6. The first-order chi connectivity index (χ1) is 20.1. The van der Waals surface area contributed by atoms with Crippen LogP contribution in [0, 0.1) is 5.92 Å². The lowest BCUT2D eigenvalue weighted by atomic mass is 9.80. The molecule has 42 heavy (non-hydrogen) atoms. The lowest BCUT2D eigenvalue weighted by Gasteiger charge is -2.31. The number of carbonyl (C=O) groups is 2. The average molecular weight is 606 g/mol. The molecule has 1 aromatic carbocycles. The lowest BCUT2D eigenvalue weighted by Crippen LogP contribution is -2.46. The molecule has 0 radical (unpaired) electrons. The van der Waals surface area contributed by atoms with Crippen molar-refractivity contribution in [3.63, 3.8) is 0 Å². The van der Waals surface area contributed by atoms with Gasteiger partial charge in [-0.2, -0.15) is 0 Å². The van der Waals surface area contributed by atoms with Crippen LogP contribution in [0.5, 0.6) is 0 Å². The standard InChI is InChI=1S/C30H43N3O8S/c1-30(2,3)41-29(36)33-17-25(39-19-38-12-11-37-4)27(40-28(35)32-10-9-21-13-23(34)14-21)24(33)15-20-5-7-22(8-6-20)26-16-31-18-42-26/h5-8,16,18,21,23-25,27,34H,9-15,17,19H2,1-4H3,(H,32,35)/t21?,23?,24-,25+,27+/m1/s1. The number of ether oxygens (including phenoxy) is 5. The SMILES string of the molecule is COCCOCO[C@H]1CN(C(=O)OC(C)(C)C)[C@H](Cc2ccc(-c3cncs3)cc2)[C@@H]1OC(=O)NCCC1CC(O)C1. The summed E-state index contributed by atoms with van der Waals surface area (Å²) in [6.07, 6.45) is 1.81. The number of amides is 2. The van der Waals surface area contributed by atoms with E-state index in [1.807, 2.05) is 51.2 Å². The van der Waals surface area contributed by atoms with E-state index in [0.29, 0.717) is 32.1 Å². The first-order valence-electron chi connectivity index (χ1n) is 14.4. The number of hydrogen-bond donors (Lipinski definition) is 2. The molecule has 2 N–H and O–H groups in total. The van der Waals surface area contributed by atoms with Crippen molar-refractivity contribution in [2.24, 2.45) is 5.92 Å². The van der Waals surface area contributed by atoms with Crippen molar-refractivity contribution in [1.82, 2.24) is 15.2 Å². The van der Waals surface area contributed by atoms with Gasteiger partial charge in [0.2, 0.25) is 0 Å². The molecule has 2 heterocycles. The minimum absolute atomic E-state index is 0.0437. The number of alkyl carbamates (subject to hydrolysis) is 1. The smallest absolute Gasteiger partial charge is 0.410 e. The molecule has 1 saturated carbocycles. The summed E-state index contributed by atoms with van der Waals surface area (Å²) in [7, 11) is 1.59. The third kappa shape index (κ3) is 9.37. The summed E-state index contributed by atoms with van der Waals surface area (Å²) < 4.78 is 28.3.